The van der Waals surface area contributed by atoms with Gasteiger partial charge in [0.25, 0.3) is 0 Å². The van der Waals surface area contributed by atoms with Crippen LogP contribution in [0.1, 0.15) is 88.0 Å². The summed E-state index contributed by atoms with van der Waals surface area (Å²) in [7, 11) is 0. The molecule has 4 aliphatic carbocycles. The molecule has 8 nitrogen and oxygen atoms in total. The highest BCUT2D eigenvalue weighted by Gasteiger charge is 2.74. The predicted molar refractivity (Wildman–Crippen MR) is 149 cm³/mol. The zero-order chi connectivity index (χ0) is 30.4. The van der Waals surface area contributed by atoms with Crippen LogP contribution in [0, 0.1) is 39.4 Å². The van der Waals surface area contributed by atoms with Gasteiger partial charge in [0, 0.05) is 30.1 Å². The number of Topliss-reactive ketones (excluding diaryl/α,β-unsaturated/α-hetero) is 1. The fourth-order valence-corrected chi connectivity index (χ4v) is 9.55. The number of hydrogen-bond acceptors (Lipinski definition) is 8. The number of allylic oxidation sites excluding steroid dienone is 1. The molecule has 0 aromatic rings. The number of hydrogen-bond donors (Lipinski definition) is 4. The van der Waals surface area contributed by atoms with Gasteiger partial charge in [0.05, 0.1) is 18.3 Å². The molecule has 0 aliphatic heterocycles. The van der Waals surface area contributed by atoms with Crippen LogP contribution >= 0.6 is 0 Å². The van der Waals surface area contributed by atoms with Crippen LogP contribution in [0.4, 0.5) is 0 Å². The van der Waals surface area contributed by atoms with Crippen molar-refractivity contribution >= 4 is 17.5 Å². The Balaban J connectivity index is 1.74. The number of carbonyl (C=O) groups is 3. The molecule has 0 heterocycles. The highest BCUT2D eigenvalue weighted by atomic mass is 16.6. The fraction of sp³-hybridized carbons (Fsp3) is 0.781. The van der Waals surface area contributed by atoms with Gasteiger partial charge in [-0.1, -0.05) is 46.3 Å². The van der Waals surface area contributed by atoms with E-state index in [1.165, 1.54) is 26.0 Å². The summed E-state index contributed by atoms with van der Waals surface area (Å²) in [4.78, 5) is 39.2. The molecule has 0 aromatic heterocycles. The molecule has 3 fully saturated rings. The molecule has 0 amide bonds. The topological polar surface area (TPSA) is 141 Å². The predicted octanol–water partition coefficient (Wildman–Crippen LogP) is 3.29. The number of carbonyl (C=O) groups excluding carboxylic acids is 3. The van der Waals surface area contributed by atoms with Crippen LogP contribution in [-0.4, -0.2) is 67.5 Å². The van der Waals surface area contributed by atoms with E-state index in [9.17, 15) is 34.8 Å². The van der Waals surface area contributed by atoms with Crippen LogP contribution in [-0.2, 0) is 19.1 Å². The number of ether oxygens (including phenoxy) is 1. The Morgan fingerprint density at radius 1 is 1.02 bits per heavy atom. The monoisotopic (exact) mass is 560 g/mol. The maximum Gasteiger partial charge on any atom is 0.303 e. The van der Waals surface area contributed by atoms with Crippen molar-refractivity contribution in [1.82, 2.24) is 0 Å². The van der Waals surface area contributed by atoms with Gasteiger partial charge in [-0.3, -0.25) is 14.4 Å². The lowest BCUT2D eigenvalue weighted by molar-refractivity contribution is -0.186. The first-order valence-electron chi connectivity index (χ1n) is 14.5. The molecule has 0 bridgehead atoms. The molecule has 0 spiro atoms. The van der Waals surface area contributed by atoms with Crippen LogP contribution in [0.5, 0.6) is 0 Å². The minimum atomic E-state index is -1.98. The molecule has 0 aromatic carbocycles. The van der Waals surface area contributed by atoms with E-state index < -0.39 is 68.8 Å². The lowest BCUT2D eigenvalue weighted by Crippen LogP contribution is -2.65. The van der Waals surface area contributed by atoms with Gasteiger partial charge in [0.1, 0.15) is 17.0 Å². The summed E-state index contributed by atoms with van der Waals surface area (Å²) in [6.07, 6.45) is 3.10. The molecule has 8 heteroatoms. The van der Waals surface area contributed by atoms with E-state index in [-0.39, 0.29) is 30.5 Å². The van der Waals surface area contributed by atoms with Gasteiger partial charge in [-0.2, -0.15) is 0 Å². The minimum Gasteiger partial charge on any atom is -0.456 e. The third kappa shape index (κ3) is 4.19. The average Bonchev–Trinajstić information content (AvgIpc) is 3.01. The summed E-state index contributed by atoms with van der Waals surface area (Å²) in [5.41, 5.74) is -5.04. The summed E-state index contributed by atoms with van der Waals surface area (Å²) in [5.74, 6) is -2.48. The third-order valence-corrected chi connectivity index (χ3v) is 11.8. The largest absolute Gasteiger partial charge is 0.456 e. The van der Waals surface area contributed by atoms with Crippen LogP contribution in [0.2, 0.25) is 0 Å². The standard InChI is InChI=1S/C32H48O8/c1-17(33)40-27(2,3)13-12-23(36)32(9,39)25-21(35)15-29(6)22-11-10-18-19(14-20(34)26(38)28(18,4)5)31(22,8)24(37)16-30(25,29)7/h10,12-13,19-22,25-26,34-35,38-39H,11,14-16H2,1-9H3/b13-12+/t19-,20+,21-,22+,25+,26-,29+,30+,31-,32+/m1/s1. The molecular formula is C32H48O8. The van der Waals surface area contributed by atoms with Crippen molar-refractivity contribution in [1.29, 1.82) is 0 Å². The molecule has 4 aliphatic rings. The lowest BCUT2D eigenvalue weighted by atomic mass is 9.38. The number of aliphatic hydroxyl groups is 4. The first-order valence-corrected chi connectivity index (χ1v) is 14.5. The van der Waals surface area contributed by atoms with Crippen LogP contribution in [0.15, 0.2) is 23.8 Å². The molecule has 10 atom stereocenters. The molecule has 4 rings (SSSR count). The second-order valence-corrected chi connectivity index (χ2v) is 15.0. The van der Waals surface area contributed by atoms with E-state index in [1.807, 2.05) is 27.7 Å². The number of ketones is 2. The molecule has 0 saturated heterocycles. The van der Waals surface area contributed by atoms with E-state index in [1.54, 1.807) is 13.8 Å². The second kappa shape index (κ2) is 9.32. The normalized spacial score (nSPS) is 44.2. The maximum atomic E-state index is 14.3. The quantitative estimate of drug-likeness (QED) is 0.228. The van der Waals surface area contributed by atoms with Gasteiger partial charge in [0.2, 0.25) is 0 Å². The number of esters is 1. The van der Waals surface area contributed by atoms with E-state index in [2.05, 4.69) is 13.0 Å². The SMILES string of the molecule is CC(=O)OC(C)(C)/C=C/C(=O)[C@](C)(O)[C@H]1[C@H](O)C[C@@]2(C)[C@@H]3CC=C4[C@@H](C[C@H](O)[C@@H](O)C4(C)C)[C@@]3(C)C(=O)C[C@@]12C. The van der Waals surface area contributed by atoms with Crippen molar-refractivity contribution in [3.63, 3.8) is 0 Å². The summed E-state index contributed by atoms with van der Waals surface area (Å²) in [6.45, 7) is 15.7. The Labute approximate surface area is 237 Å². The van der Waals surface area contributed by atoms with Crippen molar-refractivity contribution in [2.24, 2.45) is 39.4 Å². The van der Waals surface area contributed by atoms with Gasteiger partial charge in [0.15, 0.2) is 5.78 Å². The first kappa shape index (κ1) is 31.1. The highest BCUT2D eigenvalue weighted by Crippen LogP contribution is 2.74. The van der Waals surface area contributed by atoms with Gasteiger partial charge in [-0.15, -0.1) is 0 Å². The maximum absolute atomic E-state index is 14.3. The fourth-order valence-electron chi connectivity index (χ4n) is 9.55. The highest BCUT2D eigenvalue weighted by molar-refractivity contribution is 5.97. The summed E-state index contributed by atoms with van der Waals surface area (Å²) >= 11 is 0. The second-order valence-electron chi connectivity index (χ2n) is 15.0. The van der Waals surface area contributed by atoms with Crippen molar-refractivity contribution in [3.8, 4) is 0 Å². The van der Waals surface area contributed by atoms with Crippen molar-refractivity contribution < 1.29 is 39.5 Å². The van der Waals surface area contributed by atoms with Crippen LogP contribution in [0.3, 0.4) is 0 Å². The molecule has 3 saturated carbocycles. The summed E-state index contributed by atoms with van der Waals surface area (Å²) in [5, 5.41) is 44.9. The Morgan fingerprint density at radius 2 is 1.62 bits per heavy atom. The molecule has 0 radical (unpaired) electrons. The van der Waals surface area contributed by atoms with E-state index >= 15 is 0 Å². The third-order valence-electron chi connectivity index (χ3n) is 11.8. The van der Waals surface area contributed by atoms with Gasteiger partial charge >= 0.3 is 5.97 Å². The zero-order valence-electron chi connectivity index (χ0n) is 25.4. The van der Waals surface area contributed by atoms with E-state index in [4.69, 9.17) is 4.74 Å². The zero-order valence-corrected chi connectivity index (χ0v) is 25.4. The van der Waals surface area contributed by atoms with E-state index in [0.29, 0.717) is 12.8 Å². The number of aliphatic hydroxyl groups excluding tert-OH is 3. The number of rotatable bonds is 5. The average molecular weight is 561 g/mol. The number of fused-ring (bicyclic) bond motifs is 5. The minimum absolute atomic E-state index is 0.00125. The van der Waals surface area contributed by atoms with Crippen LogP contribution in [0.25, 0.3) is 0 Å². The van der Waals surface area contributed by atoms with Gasteiger partial charge in [-0.05, 0) is 74.9 Å². The molecule has 0 unspecified atom stereocenters. The first-order chi connectivity index (χ1) is 18.1. The Kier molecular flexibility index (Phi) is 7.24. The van der Waals surface area contributed by atoms with Crippen molar-refractivity contribution in [2.45, 2.75) is 118 Å². The Morgan fingerprint density at radius 3 is 2.20 bits per heavy atom. The van der Waals surface area contributed by atoms with Gasteiger partial charge < -0.3 is 25.2 Å². The summed E-state index contributed by atoms with van der Waals surface area (Å²) in [6, 6.07) is 0. The van der Waals surface area contributed by atoms with Crippen molar-refractivity contribution in [3.05, 3.63) is 23.8 Å². The summed E-state index contributed by atoms with van der Waals surface area (Å²) < 4.78 is 5.23. The molecule has 224 valence electrons. The van der Waals surface area contributed by atoms with E-state index in [0.717, 1.165) is 5.57 Å². The van der Waals surface area contributed by atoms with Crippen LogP contribution < -0.4 is 0 Å². The lowest BCUT2D eigenvalue weighted by Gasteiger charge is -2.65. The van der Waals surface area contributed by atoms with Gasteiger partial charge in [-0.25, -0.2) is 0 Å². The Bertz CT molecular complexity index is 1160. The molecular weight excluding hydrogens is 512 g/mol. The van der Waals surface area contributed by atoms with Crippen molar-refractivity contribution in [2.75, 3.05) is 0 Å². The Hall–Kier alpha value is -1.87. The smallest absolute Gasteiger partial charge is 0.303 e. The molecule has 4 N–H and O–H groups in total. The molecule has 40 heavy (non-hydrogen) atoms.